The van der Waals surface area contributed by atoms with Gasteiger partial charge in [0.2, 0.25) is 0 Å². The lowest BCUT2D eigenvalue weighted by Crippen LogP contribution is -2.32. The Labute approximate surface area is 125 Å². The van der Waals surface area contributed by atoms with E-state index in [0.29, 0.717) is 13.0 Å². The molecule has 0 spiro atoms. The Kier molecular flexibility index (Phi) is 6.14. The van der Waals surface area contributed by atoms with E-state index in [1.165, 1.54) is 0 Å². The van der Waals surface area contributed by atoms with Crippen LogP contribution in [-0.2, 0) is 25.6 Å². The summed E-state index contributed by atoms with van der Waals surface area (Å²) in [5.74, 6) is 0. The fourth-order valence-electron chi connectivity index (χ4n) is 2.29. The SMILES string of the molecule is COC(C[C@H]1O[C@@H]1[C@@H](O)[C@H](C)OCc1ccccc1)OC. The number of aliphatic hydroxyl groups excluding tert-OH is 1. The second-order valence-corrected chi connectivity index (χ2v) is 5.27. The zero-order chi connectivity index (χ0) is 15.2. The third-order valence-corrected chi connectivity index (χ3v) is 3.75. The number of aliphatic hydroxyl groups is 1. The molecule has 1 aromatic carbocycles. The van der Waals surface area contributed by atoms with Crippen LogP contribution in [0, 0.1) is 0 Å². The van der Waals surface area contributed by atoms with Crippen LogP contribution in [0.15, 0.2) is 30.3 Å². The molecule has 1 fully saturated rings. The minimum absolute atomic E-state index is 0.0346. The van der Waals surface area contributed by atoms with Gasteiger partial charge in [-0.15, -0.1) is 0 Å². The van der Waals surface area contributed by atoms with E-state index in [0.717, 1.165) is 5.56 Å². The van der Waals surface area contributed by atoms with Crippen LogP contribution in [-0.4, -0.2) is 50.0 Å². The number of rotatable bonds is 9. The predicted octanol–water partition coefficient (Wildman–Crippen LogP) is 1.73. The van der Waals surface area contributed by atoms with E-state index in [2.05, 4.69) is 0 Å². The minimum atomic E-state index is -0.645. The molecule has 2 rings (SSSR count). The molecule has 0 aromatic heterocycles. The Morgan fingerprint density at radius 1 is 1.19 bits per heavy atom. The maximum absolute atomic E-state index is 10.2. The average molecular weight is 296 g/mol. The van der Waals surface area contributed by atoms with Crippen molar-refractivity contribution in [2.24, 2.45) is 0 Å². The smallest absolute Gasteiger partial charge is 0.159 e. The van der Waals surface area contributed by atoms with E-state index in [4.69, 9.17) is 18.9 Å². The maximum atomic E-state index is 10.2. The van der Waals surface area contributed by atoms with Crippen LogP contribution in [0.4, 0.5) is 0 Å². The summed E-state index contributed by atoms with van der Waals surface area (Å²) in [7, 11) is 3.18. The second kappa shape index (κ2) is 7.87. The van der Waals surface area contributed by atoms with Crippen LogP contribution < -0.4 is 0 Å². The molecule has 5 heteroatoms. The van der Waals surface area contributed by atoms with Crippen LogP contribution in [0.1, 0.15) is 18.9 Å². The van der Waals surface area contributed by atoms with E-state index in [-0.39, 0.29) is 24.6 Å². The predicted molar refractivity (Wildman–Crippen MR) is 77.8 cm³/mol. The Balaban J connectivity index is 1.72. The van der Waals surface area contributed by atoms with Crippen LogP contribution in [0.5, 0.6) is 0 Å². The first-order chi connectivity index (χ1) is 10.2. The van der Waals surface area contributed by atoms with Gasteiger partial charge in [-0.25, -0.2) is 0 Å². The standard InChI is InChI=1S/C16H24O5/c1-11(20-10-12-7-5-4-6-8-12)15(17)16-13(21-16)9-14(18-2)19-3/h4-8,11,13-17H,9-10H2,1-3H3/t11-,13+,15-,16-/m0/s1. The zero-order valence-electron chi connectivity index (χ0n) is 12.8. The van der Waals surface area contributed by atoms with Crippen molar-refractivity contribution in [3.8, 4) is 0 Å². The third-order valence-electron chi connectivity index (χ3n) is 3.75. The largest absolute Gasteiger partial charge is 0.388 e. The fourth-order valence-corrected chi connectivity index (χ4v) is 2.29. The van der Waals surface area contributed by atoms with E-state index in [9.17, 15) is 5.11 Å². The fraction of sp³-hybridized carbons (Fsp3) is 0.625. The summed E-state index contributed by atoms with van der Waals surface area (Å²) in [6, 6.07) is 9.89. The van der Waals surface area contributed by atoms with Gasteiger partial charge in [0, 0.05) is 20.6 Å². The molecule has 1 heterocycles. The normalized spacial score (nSPS) is 24.0. The van der Waals surface area contributed by atoms with Crippen LogP contribution in [0.25, 0.3) is 0 Å². The lowest BCUT2D eigenvalue weighted by Gasteiger charge is -2.18. The van der Waals surface area contributed by atoms with Crippen molar-refractivity contribution in [3.63, 3.8) is 0 Å². The van der Waals surface area contributed by atoms with Crippen molar-refractivity contribution >= 4 is 0 Å². The van der Waals surface area contributed by atoms with Crippen molar-refractivity contribution in [3.05, 3.63) is 35.9 Å². The van der Waals surface area contributed by atoms with E-state index >= 15 is 0 Å². The number of benzene rings is 1. The molecule has 0 bridgehead atoms. The van der Waals surface area contributed by atoms with E-state index in [1.807, 2.05) is 37.3 Å². The highest BCUT2D eigenvalue weighted by Crippen LogP contribution is 2.32. The van der Waals surface area contributed by atoms with Crippen molar-refractivity contribution in [2.75, 3.05) is 14.2 Å². The van der Waals surface area contributed by atoms with Gasteiger partial charge in [0.1, 0.15) is 12.2 Å². The summed E-state index contributed by atoms with van der Waals surface area (Å²) >= 11 is 0. The molecule has 0 saturated carbocycles. The molecule has 0 unspecified atom stereocenters. The van der Waals surface area contributed by atoms with Crippen molar-refractivity contribution in [1.82, 2.24) is 0 Å². The summed E-state index contributed by atoms with van der Waals surface area (Å²) in [6.07, 6.45) is -0.860. The van der Waals surface area contributed by atoms with Gasteiger partial charge in [0.25, 0.3) is 0 Å². The molecule has 1 N–H and O–H groups in total. The molecule has 0 radical (unpaired) electrons. The molecular formula is C16H24O5. The number of hydrogen-bond acceptors (Lipinski definition) is 5. The molecule has 118 valence electrons. The maximum Gasteiger partial charge on any atom is 0.159 e. The van der Waals surface area contributed by atoms with E-state index < -0.39 is 6.10 Å². The summed E-state index contributed by atoms with van der Waals surface area (Å²) in [5, 5.41) is 10.2. The first-order valence-corrected chi connectivity index (χ1v) is 7.20. The molecule has 4 atom stereocenters. The van der Waals surface area contributed by atoms with Crippen LogP contribution in [0.3, 0.4) is 0 Å². The first-order valence-electron chi connectivity index (χ1n) is 7.20. The summed E-state index contributed by atoms with van der Waals surface area (Å²) < 4.78 is 21.5. The number of epoxide rings is 1. The Morgan fingerprint density at radius 2 is 1.86 bits per heavy atom. The van der Waals surface area contributed by atoms with Crippen molar-refractivity contribution < 1.29 is 24.1 Å². The molecule has 0 amide bonds. The van der Waals surface area contributed by atoms with Crippen molar-refractivity contribution in [1.29, 1.82) is 0 Å². The number of ether oxygens (including phenoxy) is 4. The molecule has 21 heavy (non-hydrogen) atoms. The Bertz CT molecular complexity index is 406. The molecule has 1 saturated heterocycles. The highest BCUT2D eigenvalue weighted by atomic mass is 16.7. The third kappa shape index (κ3) is 4.76. The number of hydrogen-bond donors (Lipinski definition) is 1. The summed E-state index contributed by atoms with van der Waals surface area (Å²) in [6.45, 7) is 2.34. The van der Waals surface area contributed by atoms with Gasteiger partial charge >= 0.3 is 0 Å². The summed E-state index contributed by atoms with van der Waals surface area (Å²) in [5.41, 5.74) is 1.09. The Hall–Kier alpha value is -0.980. The molecule has 1 aliphatic rings. The van der Waals surface area contributed by atoms with Gasteiger partial charge in [-0.1, -0.05) is 30.3 Å². The first kappa shape index (κ1) is 16.4. The zero-order valence-corrected chi connectivity index (χ0v) is 12.8. The van der Waals surface area contributed by atoms with Gasteiger partial charge in [0.15, 0.2) is 6.29 Å². The number of methoxy groups -OCH3 is 2. The highest BCUT2D eigenvalue weighted by Gasteiger charge is 2.47. The average Bonchev–Trinajstić information content (AvgIpc) is 3.29. The molecule has 5 nitrogen and oxygen atoms in total. The molecule has 0 aliphatic carbocycles. The monoisotopic (exact) mass is 296 g/mol. The molecule has 1 aromatic rings. The molecular weight excluding hydrogens is 272 g/mol. The topological polar surface area (TPSA) is 60.5 Å². The quantitative estimate of drug-likeness (QED) is 0.555. The second-order valence-electron chi connectivity index (χ2n) is 5.27. The Morgan fingerprint density at radius 3 is 2.48 bits per heavy atom. The summed E-state index contributed by atoms with van der Waals surface area (Å²) in [4.78, 5) is 0. The van der Waals surface area contributed by atoms with Gasteiger partial charge in [-0.2, -0.15) is 0 Å². The van der Waals surface area contributed by atoms with Crippen molar-refractivity contribution in [2.45, 2.75) is 50.7 Å². The lowest BCUT2D eigenvalue weighted by atomic mass is 10.1. The molecule has 1 aliphatic heterocycles. The van der Waals surface area contributed by atoms with Crippen LogP contribution in [0.2, 0.25) is 0 Å². The van der Waals surface area contributed by atoms with Gasteiger partial charge in [-0.05, 0) is 12.5 Å². The van der Waals surface area contributed by atoms with Gasteiger partial charge in [-0.3, -0.25) is 0 Å². The van der Waals surface area contributed by atoms with Crippen LogP contribution >= 0.6 is 0 Å². The van der Waals surface area contributed by atoms with E-state index in [1.54, 1.807) is 14.2 Å². The lowest BCUT2D eigenvalue weighted by molar-refractivity contribution is -0.109. The highest BCUT2D eigenvalue weighted by molar-refractivity contribution is 5.13. The van der Waals surface area contributed by atoms with Gasteiger partial charge in [0.05, 0.1) is 18.8 Å². The minimum Gasteiger partial charge on any atom is -0.388 e. The van der Waals surface area contributed by atoms with Gasteiger partial charge < -0.3 is 24.1 Å².